The van der Waals surface area contributed by atoms with Crippen molar-refractivity contribution in [3.05, 3.63) is 5.32 Å². The van der Waals surface area contributed by atoms with Crippen LogP contribution < -0.4 is 0 Å². The molecule has 0 aromatic heterocycles. The van der Waals surface area contributed by atoms with Crippen molar-refractivity contribution >= 4 is 0 Å². The summed E-state index contributed by atoms with van der Waals surface area (Å²) in [5.74, 6) is -32.1. The lowest BCUT2D eigenvalue weighted by atomic mass is 10.1. The van der Waals surface area contributed by atoms with E-state index < -0.39 is 53.5 Å². The first-order valence-electron chi connectivity index (χ1n) is 5.35. The maximum atomic E-state index is 12.7. The molecule has 0 radical (unpaired) electrons. The number of nitrogens with zero attached hydrogens (tertiary/aromatic N) is 1. The summed E-state index contributed by atoms with van der Waals surface area (Å²) in [7, 11) is 0. The van der Waals surface area contributed by atoms with E-state index in [0.29, 0.717) is 0 Å². The molecule has 0 spiro atoms. The van der Waals surface area contributed by atoms with Gasteiger partial charge in [0.15, 0.2) is 0 Å². The fourth-order valence-corrected chi connectivity index (χ4v) is 1.05. The van der Waals surface area contributed by atoms with Gasteiger partial charge in [-0.25, -0.2) is 17.6 Å². The van der Waals surface area contributed by atoms with Crippen LogP contribution in [0.15, 0.2) is 0 Å². The molecule has 0 N–H and O–H groups in total. The van der Waals surface area contributed by atoms with E-state index in [2.05, 4.69) is 0 Å². The van der Waals surface area contributed by atoms with Gasteiger partial charge in [-0.2, -0.15) is 61.5 Å². The minimum absolute atomic E-state index is 0.483. The van der Waals surface area contributed by atoms with Crippen molar-refractivity contribution in [2.24, 2.45) is 0 Å². The molecule has 0 bridgehead atoms. The molecule has 19 heteroatoms. The Morgan fingerprint density at radius 2 is 0.481 bits per heavy atom. The lowest BCUT2D eigenvalue weighted by molar-refractivity contribution is -0.407. The standard InChI is InChI=1S/C8F18N/c9-1(10,5(17,18)19)3(13,14)7(23,24)27-8(25,26)4(15,16)2(11,12)6(20,21)22/q-1. The largest absolute Gasteiger partial charge is 0.527 e. The molecule has 0 rings (SSSR count). The quantitative estimate of drug-likeness (QED) is 0.336. The van der Waals surface area contributed by atoms with Gasteiger partial charge in [-0.1, -0.05) is 0 Å². The molecule has 1 nitrogen and oxygen atoms in total. The Bertz CT molecular complexity index is 489. The summed E-state index contributed by atoms with van der Waals surface area (Å²) >= 11 is 0. The van der Waals surface area contributed by atoms with Gasteiger partial charge in [-0.05, 0) is 0 Å². The third-order valence-electron chi connectivity index (χ3n) is 2.54. The van der Waals surface area contributed by atoms with E-state index in [0.717, 1.165) is 0 Å². The van der Waals surface area contributed by atoms with Gasteiger partial charge in [-0.3, -0.25) is 0 Å². The second-order valence-corrected chi connectivity index (χ2v) is 4.49. The maximum absolute atomic E-state index is 12.7. The number of rotatable bonds is 6. The molecule has 0 heterocycles. The normalized spacial score (nSPS) is 16.7. The van der Waals surface area contributed by atoms with Gasteiger partial charge in [0.05, 0.1) is 0 Å². The first-order valence-corrected chi connectivity index (χ1v) is 5.35. The topological polar surface area (TPSA) is 14.1 Å². The van der Waals surface area contributed by atoms with Crippen LogP contribution in [0.1, 0.15) is 0 Å². The van der Waals surface area contributed by atoms with Crippen LogP contribution in [0, 0.1) is 0 Å². The average molecular weight is 452 g/mol. The van der Waals surface area contributed by atoms with Gasteiger partial charge in [0.2, 0.25) is 12.1 Å². The van der Waals surface area contributed by atoms with Crippen molar-refractivity contribution in [1.29, 1.82) is 0 Å². The van der Waals surface area contributed by atoms with E-state index in [1.54, 1.807) is 0 Å². The fourth-order valence-electron chi connectivity index (χ4n) is 1.05. The molecule has 0 saturated carbocycles. The van der Waals surface area contributed by atoms with Crippen LogP contribution >= 0.6 is 0 Å². The molecule has 0 aliphatic carbocycles. The molecule has 0 aliphatic heterocycles. The van der Waals surface area contributed by atoms with Crippen molar-refractivity contribution in [2.45, 2.75) is 48.1 Å². The highest BCUT2D eigenvalue weighted by Crippen LogP contribution is 2.60. The molecular weight excluding hydrogens is 452 g/mol. The second-order valence-electron chi connectivity index (χ2n) is 4.49. The van der Waals surface area contributed by atoms with Gasteiger partial charge < -0.3 is 5.32 Å². The molecule has 0 atom stereocenters. The number of halogens is 18. The van der Waals surface area contributed by atoms with Gasteiger partial charge >= 0.3 is 36.0 Å². The Balaban J connectivity index is 6.19. The molecule has 0 aromatic carbocycles. The maximum Gasteiger partial charge on any atom is 0.460 e. The van der Waals surface area contributed by atoms with Crippen molar-refractivity contribution < 1.29 is 79.0 Å². The first kappa shape index (κ1) is 25.7. The highest BCUT2D eigenvalue weighted by Gasteiger charge is 2.82. The number of alkyl halides is 18. The van der Waals surface area contributed by atoms with E-state index in [4.69, 9.17) is 0 Å². The minimum Gasteiger partial charge on any atom is -0.527 e. The molecule has 0 aliphatic rings. The van der Waals surface area contributed by atoms with Gasteiger partial charge in [0, 0.05) is 0 Å². The van der Waals surface area contributed by atoms with Crippen LogP contribution in [-0.2, 0) is 0 Å². The molecular formula is C8F18N-. The first-order chi connectivity index (χ1) is 11.2. The van der Waals surface area contributed by atoms with Crippen LogP contribution in [-0.4, -0.2) is 48.1 Å². The number of hydrogen-bond acceptors (Lipinski definition) is 0. The van der Waals surface area contributed by atoms with E-state index in [9.17, 15) is 79.0 Å². The van der Waals surface area contributed by atoms with E-state index in [1.165, 1.54) is 0 Å². The van der Waals surface area contributed by atoms with Gasteiger partial charge in [0.1, 0.15) is 0 Å². The zero-order chi connectivity index (χ0) is 22.7. The predicted octanol–water partition coefficient (Wildman–Crippen LogP) is 6.21. The van der Waals surface area contributed by atoms with Crippen LogP contribution in [0.25, 0.3) is 5.32 Å². The van der Waals surface area contributed by atoms with Crippen molar-refractivity contribution in [2.75, 3.05) is 0 Å². The highest BCUT2D eigenvalue weighted by atomic mass is 19.4. The molecule has 27 heavy (non-hydrogen) atoms. The average Bonchev–Trinajstić information content (AvgIpc) is 2.33. The molecule has 0 aromatic rings. The van der Waals surface area contributed by atoms with Gasteiger partial charge in [0.25, 0.3) is 0 Å². The third-order valence-corrected chi connectivity index (χ3v) is 2.54. The monoisotopic (exact) mass is 452 g/mol. The highest BCUT2D eigenvalue weighted by molar-refractivity contribution is 5.18. The Morgan fingerprint density at radius 1 is 0.296 bits per heavy atom. The smallest absolute Gasteiger partial charge is 0.460 e. The minimum atomic E-state index is -8.09. The van der Waals surface area contributed by atoms with Crippen molar-refractivity contribution in [3.63, 3.8) is 0 Å². The second kappa shape index (κ2) is 6.10. The molecule has 0 fully saturated rings. The molecule has 0 saturated heterocycles. The SMILES string of the molecule is FC(F)(F)C(F)(F)C(F)(F)C(F)(F)[N-]C(F)(F)C(F)(F)C(F)(F)C(F)(F)F. The number of hydrogen-bond donors (Lipinski definition) is 0. The summed E-state index contributed by atoms with van der Waals surface area (Å²) in [5, 5.41) is -0.483. The lowest BCUT2D eigenvalue weighted by Crippen LogP contribution is -2.65. The van der Waals surface area contributed by atoms with E-state index in [-0.39, 0.29) is 0 Å². The summed E-state index contributed by atoms with van der Waals surface area (Å²) in [6, 6.07) is -15.8. The van der Waals surface area contributed by atoms with E-state index >= 15 is 0 Å². The van der Waals surface area contributed by atoms with Crippen LogP contribution in [0.5, 0.6) is 0 Å². The summed E-state index contributed by atoms with van der Waals surface area (Å²) in [6.07, 6.45) is -15.2. The third kappa shape index (κ3) is 3.69. The summed E-state index contributed by atoms with van der Waals surface area (Å²) in [6.45, 7) is 0. The Labute approximate surface area is 134 Å². The fraction of sp³-hybridized carbons (Fsp3) is 1.00. The van der Waals surface area contributed by atoms with Crippen molar-refractivity contribution in [3.8, 4) is 0 Å². The van der Waals surface area contributed by atoms with Crippen LogP contribution in [0.2, 0.25) is 0 Å². The van der Waals surface area contributed by atoms with Crippen molar-refractivity contribution in [1.82, 2.24) is 0 Å². The summed E-state index contributed by atoms with van der Waals surface area (Å²) < 4.78 is 221. The van der Waals surface area contributed by atoms with Crippen LogP contribution in [0.3, 0.4) is 0 Å². The zero-order valence-electron chi connectivity index (χ0n) is 11.3. The van der Waals surface area contributed by atoms with E-state index in [1.807, 2.05) is 0 Å². The lowest BCUT2D eigenvalue weighted by Gasteiger charge is -2.47. The molecule has 164 valence electrons. The zero-order valence-corrected chi connectivity index (χ0v) is 11.3. The van der Waals surface area contributed by atoms with Gasteiger partial charge in [-0.15, -0.1) is 0 Å². The Kier molecular flexibility index (Phi) is 5.80. The van der Waals surface area contributed by atoms with Crippen LogP contribution in [0.4, 0.5) is 79.0 Å². The Morgan fingerprint density at radius 3 is 0.630 bits per heavy atom. The molecule has 0 unspecified atom stereocenters. The summed E-state index contributed by atoms with van der Waals surface area (Å²) in [4.78, 5) is 0. The summed E-state index contributed by atoms with van der Waals surface area (Å²) in [5.41, 5.74) is 0. The Hall–Kier alpha value is -1.30. The predicted molar refractivity (Wildman–Crippen MR) is 45.2 cm³/mol. The molecule has 0 amide bonds.